The van der Waals surface area contributed by atoms with Crippen molar-refractivity contribution in [2.45, 2.75) is 109 Å². The summed E-state index contributed by atoms with van der Waals surface area (Å²) in [6.45, 7) is 4.07. The van der Waals surface area contributed by atoms with E-state index in [1.165, 1.54) is 44.9 Å². The van der Waals surface area contributed by atoms with Gasteiger partial charge >= 0.3 is 51.4 Å². The monoisotopic (exact) mass is 374 g/mol. The van der Waals surface area contributed by atoms with Crippen molar-refractivity contribution in [3.05, 3.63) is 0 Å². The van der Waals surface area contributed by atoms with E-state index in [0.717, 1.165) is 12.8 Å². The van der Waals surface area contributed by atoms with Gasteiger partial charge in [0.2, 0.25) is 0 Å². The molecule has 0 aliphatic carbocycles. The Balaban J connectivity index is 0. The molecule has 0 aromatic rings. The van der Waals surface area contributed by atoms with E-state index < -0.39 is 21.5 Å². The van der Waals surface area contributed by atoms with Crippen LogP contribution in [-0.2, 0) is 10.1 Å². The first-order valence-corrected chi connectivity index (χ1v) is 10.5. The zero-order valence-electron chi connectivity index (χ0n) is 15.4. The molecule has 6 heteroatoms. The van der Waals surface area contributed by atoms with Crippen molar-refractivity contribution in [3.63, 3.8) is 0 Å². The molecule has 0 spiro atoms. The van der Waals surface area contributed by atoms with E-state index in [1.807, 2.05) is 6.92 Å². The van der Waals surface area contributed by atoms with E-state index in [0.29, 0.717) is 19.3 Å². The molecule has 1 N–H and O–H groups in total. The van der Waals surface area contributed by atoms with Crippen LogP contribution in [0, 0.1) is 0 Å². The molecule has 0 aliphatic heterocycles. The number of aliphatic hydroxyl groups excluding tert-OH is 1. The van der Waals surface area contributed by atoms with Crippen LogP contribution in [0.4, 0.5) is 0 Å². The summed E-state index contributed by atoms with van der Waals surface area (Å²) >= 11 is 0. The van der Waals surface area contributed by atoms with Crippen molar-refractivity contribution in [3.8, 4) is 0 Å². The summed E-state index contributed by atoms with van der Waals surface area (Å²) in [6.07, 6.45) is 12.0. The molecule has 2 unspecified atom stereocenters. The van der Waals surface area contributed by atoms with Gasteiger partial charge in [0.15, 0.2) is 0 Å². The first-order chi connectivity index (χ1) is 10.4. The minimum atomic E-state index is -4.28. The van der Waals surface area contributed by atoms with Crippen molar-refractivity contribution in [2.75, 3.05) is 0 Å². The van der Waals surface area contributed by atoms with E-state index in [1.54, 1.807) is 0 Å². The maximum absolute atomic E-state index is 11.1. The van der Waals surface area contributed by atoms with Crippen LogP contribution in [0.1, 0.15) is 97.3 Å². The van der Waals surface area contributed by atoms with Crippen LogP contribution in [0.5, 0.6) is 0 Å². The third-order valence-electron chi connectivity index (χ3n) is 4.19. The van der Waals surface area contributed by atoms with Gasteiger partial charge in [-0.3, -0.25) is 0 Å². The Morgan fingerprint density at radius 3 is 1.74 bits per heavy atom. The SMILES string of the molecule is CCCCCCCCCCCC(O)CC(CCC)S(=O)(=O)[O-].[K+]. The molecule has 0 saturated heterocycles. The number of hydrogen-bond acceptors (Lipinski definition) is 4. The summed E-state index contributed by atoms with van der Waals surface area (Å²) in [4.78, 5) is 0. The second-order valence-electron chi connectivity index (χ2n) is 6.41. The van der Waals surface area contributed by atoms with Gasteiger partial charge in [0.25, 0.3) is 0 Å². The van der Waals surface area contributed by atoms with Crippen LogP contribution in [0.15, 0.2) is 0 Å². The van der Waals surface area contributed by atoms with Crippen molar-refractivity contribution in [1.29, 1.82) is 0 Å². The Hall–Kier alpha value is 1.51. The summed E-state index contributed by atoms with van der Waals surface area (Å²) < 4.78 is 33.3. The average Bonchev–Trinajstić information content (AvgIpc) is 2.44. The van der Waals surface area contributed by atoms with Gasteiger partial charge in [0.05, 0.1) is 21.5 Å². The molecule has 0 saturated carbocycles. The summed E-state index contributed by atoms with van der Waals surface area (Å²) in [5.74, 6) is 0. The normalized spacial score (nSPS) is 14.3. The standard InChI is InChI=1S/C17H36O4S.K/c1-3-5-6-7-8-9-10-11-12-14-16(18)15-17(13-4-2)22(19,20)21;/h16-18H,3-15H2,1-2H3,(H,19,20,21);/q;+1/p-1. The average molecular weight is 375 g/mol. The maximum atomic E-state index is 11.1. The Bertz CT molecular complexity index is 347. The predicted molar refractivity (Wildman–Crippen MR) is 90.9 cm³/mol. The molecule has 23 heavy (non-hydrogen) atoms. The van der Waals surface area contributed by atoms with Crippen molar-refractivity contribution in [2.24, 2.45) is 0 Å². The summed E-state index contributed by atoms with van der Waals surface area (Å²) in [7, 11) is -4.28. The fraction of sp³-hybridized carbons (Fsp3) is 1.00. The number of aliphatic hydroxyl groups is 1. The van der Waals surface area contributed by atoms with Crippen LogP contribution >= 0.6 is 0 Å². The molecule has 0 radical (unpaired) electrons. The first kappa shape index (κ1) is 26.7. The minimum absolute atomic E-state index is 0. The third kappa shape index (κ3) is 16.7. The molecular formula is C17H35KO4S. The van der Waals surface area contributed by atoms with Gasteiger partial charge < -0.3 is 9.66 Å². The Kier molecular flexibility index (Phi) is 19.7. The largest absolute Gasteiger partial charge is 1.00 e. The fourth-order valence-electron chi connectivity index (χ4n) is 2.81. The summed E-state index contributed by atoms with van der Waals surface area (Å²) in [5.41, 5.74) is 0. The molecule has 0 amide bonds. The van der Waals surface area contributed by atoms with Crippen LogP contribution < -0.4 is 51.4 Å². The smallest absolute Gasteiger partial charge is 0.748 e. The van der Waals surface area contributed by atoms with E-state index in [9.17, 15) is 18.1 Å². The van der Waals surface area contributed by atoms with Gasteiger partial charge in [-0.25, -0.2) is 8.42 Å². The van der Waals surface area contributed by atoms with Crippen molar-refractivity contribution in [1.82, 2.24) is 0 Å². The van der Waals surface area contributed by atoms with Crippen molar-refractivity contribution < 1.29 is 69.5 Å². The summed E-state index contributed by atoms with van der Waals surface area (Å²) in [6, 6.07) is 0. The van der Waals surface area contributed by atoms with E-state index in [4.69, 9.17) is 0 Å². The quantitative estimate of drug-likeness (QED) is 0.267. The van der Waals surface area contributed by atoms with E-state index in [2.05, 4.69) is 6.92 Å². The predicted octanol–water partition coefficient (Wildman–Crippen LogP) is 1.38. The molecule has 2 atom stereocenters. The molecule has 0 heterocycles. The fourth-order valence-corrected chi connectivity index (χ4v) is 3.80. The molecule has 134 valence electrons. The minimum Gasteiger partial charge on any atom is -0.748 e. The van der Waals surface area contributed by atoms with Gasteiger partial charge in [-0.15, -0.1) is 0 Å². The van der Waals surface area contributed by atoms with Gasteiger partial charge in [0.1, 0.15) is 0 Å². The molecule has 0 fully saturated rings. The molecular weight excluding hydrogens is 339 g/mol. The first-order valence-electron chi connectivity index (χ1n) is 9.04. The molecule has 0 bridgehead atoms. The second kappa shape index (κ2) is 16.9. The molecule has 0 aromatic carbocycles. The van der Waals surface area contributed by atoms with Gasteiger partial charge in [-0.05, 0) is 19.3 Å². The number of rotatable bonds is 15. The Labute approximate surface area is 186 Å². The van der Waals surface area contributed by atoms with Gasteiger partial charge in [-0.2, -0.15) is 0 Å². The van der Waals surface area contributed by atoms with E-state index in [-0.39, 0.29) is 57.8 Å². The Morgan fingerprint density at radius 2 is 1.30 bits per heavy atom. The third-order valence-corrected chi connectivity index (χ3v) is 5.44. The maximum Gasteiger partial charge on any atom is 1.00 e. The number of hydrogen-bond donors (Lipinski definition) is 1. The second-order valence-corrected chi connectivity index (χ2v) is 8.06. The summed E-state index contributed by atoms with van der Waals surface area (Å²) in [5, 5.41) is 8.98. The zero-order valence-corrected chi connectivity index (χ0v) is 19.4. The van der Waals surface area contributed by atoms with Gasteiger partial charge in [-0.1, -0.05) is 78.1 Å². The number of unbranched alkanes of at least 4 members (excludes halogenated alkanes) is 8. The molecule has 0 aliphatic rings. The molecule has 0 rings (SSSR count). The zero-order chi connectivity index (χ0) is 16.8. The van der Waals surface area contributed by atoms with Crippen molar-refractivity contribution >= 4 is 10.1 Å². The van der Waals surface area contributed by atoms with Crippen LogP contribution in [0.2, 0.25) is 0 Å². The van der Waals surface area contributed by atoms with Crippen LogP contribution in [0.25, 0.3) is 0 Å². The Morgan fingerprint density at radius 1 is 0.826 bits per heavy atom. The van der Waals surface area contributed by atoms with Crippen LogP contribution in [0.3, 0.4) is 0 Å². The topological polar surface area (TPSA) is 77.4 Å². The van der Waals surface area contributed by atoms with Crippen LogP contribution in [-0.4, -0.2) is 29.4 Å². The van der Waals surface area contributed by atoms with Gasteiger partial charge in [0, 0.05) is 0 Å². The van der Waals surface area contributed by atoms with E-state index >= 15 is 0 Å². The molecule has 0 aromatic heterocycles. The molecule has 4 nitrogen and oxygen atoms in total.